The molecule has 1 rings (SSSR count). The summed E-state index contributed by atoms with van der Waals surface area (Å²) in [6, 6.07) is 0. The summed E-state index contributed by atoms with van der Waals surface area (Å²) in [6.07, 6.45) is 9.89. The van der Waals surface area contributed by atoms with Crippen molar-refractivity contribution in [3.05, 3.63) is 35.5 Å². The van der Waals surface area contributed by atoms with Crippen LogP contribution in [0.4, 0.5) is 0 Å². The van der Waals surface area contributed by atoms with E-state index in [1.165, 1.54) is 0 Å². The van der Waals surface area contributed by atoms with Gasteiger partial charge < -0.3 is 4.74 Å². The van der Waals surface area contributed by atoms with Crippen LogP contribution in [0, 0.1) is 0 Å². The molecule has 0 spiro atoms. The van der Waals surface area contributed by atoms with Crippen molar-refractivity contribution in [2.24, 2.45) is 0 Å². The maximum atomic E-state index is 5.65. The molecule has 0 aromatic heterocycles. The molecule has 0 atom stereocenters. The molecule has 0 saturated carbocycles. The number of ether oxygens (including phenoxy) is 1. The van der Waals surface area contributed by atoms with Crippen LogP contribution in [0.25, 0.3) is 0 Å². The predicted octanol–water partition coefficient (Wildman–Crippen LogP) is 2.31. The lowest BCUT2D eigenvalue weighted by molar-refractivity contribution is 0.241. The normalized spacial score (nSPS) is 17.4. The fraction of sp³-hybridized carbons (Fsp3) is 0.400. The van der Waals surface area contributed by atoms with E-state index in [0.717, 1.165) is 24.1 Å². The summed E-state index contributed by atoms with van der Waals surface area (Å²) >= 11 is 0. The molecule has 0 aromatic rings. The first kappa shape index (κ1) is 9.18. The highest BCUT2D eigenvalue weighted by Gasteiger charge is 1.94. The van der Waals surface area contributed by atoms with Crippen LogP contribution >= 0.6 is 0 Å². The second-order valence-corrected chi connectivity index (χ2v) is 2.65. The van der Waals surface area contributed by atoms with E-state index in [-0.39, 0.29) is 0 Å². The second kappa shape index (κ2) is 4.86. The second-order valence-electron chi connectivity index (χ2n) is 2.65. The van der Waals surface area contributed by atoms with Crippen molar-refractivity contribution in [2.45, 2.75) is 19.8 Å². The van der Waals surface area contributed by atoms with Gasteiger partial charge in [-0.1, -0.05) is 12.2 Å². The highest BCUT2D eigenvalue weighted by atomic mass is 16.5. The zero-order chi connectivity index (χ0) is 8.81. The third kappa shape index (κ3) is 2.99. The molecule has 0 saturated heterocycles. The highest BCUT2D eigenvalue weighted by molar-refractivity contribution is 6.23. The lowest BCUT2D eigenvalue weighted by Gasteiger charge is -2.05. The minimum absolute atomic E-state index is 0.708. The first-order valence-corrected chi connectivity index (χ1v) is 4.29. The Kier molecular flexibility index (Phi) is 3.72. The Morgan fingerprint density at radius 3 is 2.83 bits per heavy atom. The van der Waals surface area contributed by atoms with E-state index in [1.807, 2.05) is 25.2 Å². The maximum absolute atomic E-state index is 5.65. The van der Waals surface area contributed by atoms with Gasteiger partial charge in [-0.05, 0) is 31.9 Å². The molecule has 0 amide bonds. The molecule has 12 heavy (non-hydrogen) atoms. The van der Waals surface area contributed by atoms with Crippen molar-refractivity contribution < 1.29 is 4.74 Å². The molecule has 62 valence electrons. The zero-order valence-corrected chi connectivity index (χ0v) is 7.42. The van der Waals surface area contributed by atoms with Gasteiger partial charge in [0, 0.05) is 0 Å². The van der Waals surface area contributed by atoms with Crippen LogP contribution in [0.5, 0.6) is 0 Å². The van der Waals surface area contributed by atoms with Crippen molar-refractivity contribution in [1.29, 1.82) is 0 Å². The van der Waals surface area contributed by atoms with Crippen molar-refractivity contribution in [1.82, 2.24) is 0 Å². The third-order valence-corrected chi connectivity index (χ3v) is 1.64. The van der Waals surface area contributed by atoms with Crippen molar-refractivity contribution in [3.8, 4) is 0 Å². The lowest BCUT2D eigenvalue weighted by Crippen LogP contribution is -1.90. The summed E-state index contributed by atoms with van der Waals surface area (Å²) in [5.74, 6) is 0.925. The van der Waals surface area contributed by atoms with Crippen LogP contribution in [0.3, 0.4) is 0 Å². The van der Waals surface area contributed by atoms with Gasteiger partial charge >= 0.3 is 0 Å². The predicted molar refractivity (Wildman–Crippen MR) is 51.9 cm³/mol. The standard InChI is InChI=1S/C10H13BO/c1-2-12-10-6-4-3-5-9(11)7-8-10/h5-8H,2-4H2,1H3. The zero-order valence-electron chi connectivity index (χ0n) is 7.42. The largest absolute Gasteiger partial charge is 0.494 e. The van der Waals surface area contributed by atoms with E-state index >= 15 is 0 Å². The smallest absolute Gasteiger partial charge is 0.115 e. The van der Waals surface area contributed by atoms with E-state index in [4.69, 9.17) is 12.6 Å². The van der Waals surface area contributed by atoms with Crippen LogP contribution in [0.1, 0.15) is 19.8 Å². The third-order valence-electron chi connectivity index (χ3n) is 1.64. The monoisotopic (exact) mass is 160 g/mol. The van der Waals surface area contributed by atoms with E-state index in [1.54, 1.807) is 0 Å². The van der Waals surface area contributed by atoms with E-state index in [9.17, 15) is 0 Å². The Balaban J connectivity index is 2.63. The van der Waals surface area contributed by atoms with Gasteiger partial charge in [0.2, 0.25) is 0 Å². The van der Waals surface area contributed by atoms with Crippen LogP contribution in [-0.4, -0.2) is 14.5 Å². The summed E-state index contributed by atoms with van der Waals surface area (Å²) in [7, 11) is 5.65. The number of hydrogen-bond donors (Lipinski definition) is 0. The molecular formula is C10H13BO. The molecule has 0 unspecified atom stereocenters. The minimum atomic E-state index is 0.708. The van der Waals surface area contributed by atoms with Gasteiger partial charge in [0.15, 0.2) is 0 Å². The van der Waals surface area contributed by atoms with E-state index in [2.05, 4.69) is 6.08 Å². The molecule has 0 N–H and O–H groups in total. The maximum Gasteiger partial charge on any atom is 0.115 e. The molecule has 0 bridgehead atoms. The van der Waals surface area contributed by atoms with Crippen LogP contribution < -0.4 is 0 Å². The van der Waals surface area contributed by atoms with Gasteiger partial charge in [0.05, 0.1) is 6.61 Å². The topological polar surface area (TPSA) is 9.23 Å². The average Bonchev–Trinajstić information content (AvgIpc) is 2.04. The number of hydrogen-bond acceptors (Lipinski definition) is 1. The highest BCUT2D eigenvalue weighted by Crippen LogP contribution is 2.09. The molecule has 2 heteroatoms. The first-order chi connectivity index (χ1) is 5.83. The summed E-state index contributed by atoms with van der Waals surface area (Å²) in [6.45, 7) is 2.69. The average molecular weight is 160 g/mol. The lowest BCUT2D eigenvalue weighted by atomic mass is 9.92. The number of rotatable bonds is 2. The summed E-state index contributed by atoms with van der Waals surface area (Å²) in [4.78, 5) is 0. The summed E-state index contributed by atoms with van der Waals surface area (Å²) in [5, 5.41) is 0. The van der Waals surface area contributed by atoms with Gasteiger partial charge in [-0.25, -0.2) is 0 Å². The van der Waals surface area contributed by atoms with Crippen LogP contribution in [0.2, 0.25) is 0 Å². The van der Waals surface area contributed by atoms with Crippen molar-refractivity contribution in [3.63, 3.8) is 0 Å². The SMILES string of the molecule is [B]C1=CCCC=C(OCC)C=C1. The molecule has 1 aliphatic carbocycles. The van der Waals surface area contributed by atoms with Crippen LogP contribution in [-0.2, 0) is 4.74 Å². The van der Waals surface area contributed by atoms with E-state index in [0.29, 0.717) is 6.61 Å². The Labute approximate surface area is 75.2 Å². The minimum Gasteiger partial charge on any atom is -0.494 e. The van der Waals surface area contributed by atoms with Gasteiger partial charge in [0.25, 0.3) is 0 Å². The summed E-state index contributed by atoms with van der Waals surface area (Å²) < 4.78 is 5.36. The van der Waals surface area contributed by atoms with Gasteiger partial charge in [-0.3, -0.25) is 0 Å². The molecule has 0 aliphatic heterocycles. The van der Waals surface area contributed by atoms with E-state index < -0.39 is 0 Å². The Hall–Kier alpha value is -0.915. The Bertz CT molecular complexity index is 226. The van der Waals surface area contributed by atoms with Gasteiger partial charge in [-0.2, -0.15) is 0 Å². The molecule has 0 fully saturated rings. The fourth-order valence-electron chi connectivity index (χ4n) is 1.06. The van der Waals surface area contributed by atoms with Crippen molar-refractivity contribution >= 4 is 7.85 Å². The fourth-order valence-corrected chi connectivity index (χ4v) is 1.06. The molecule has 0 aromatic carbocycles. The number of allylic oxidation sites excluding steroid dienone is 5. The molecule has 1 nitrogen and oxygen atoms in total. The molecule has 2 radical (unpaired) electrons. The Morgan fingerprint density at radius 1 is 1.33 bits per heavy atom. The van der Waals surface area contributed by atoms with Gasteiger partial charge in [0.1, 0.15) is 13.6 Å². The quantitative estimate of drug-likeness (QED) is 0.563. The molecular weight excluding hydrogens is 147 g/mol. The summed E-state index contributed by atoms with van der Waals surface area (Å²) in [5.41, 5.74) is 0.820. The first-order valence-electron chi connectivity index (χ1n) is 4.29. The van der Waals surface area contributed by atoms with Crippen LogP contribution in [0.15, 0.2) is 35.5 Å². The molecule has 1 aliphatic rings. The molecule has 0 heterocycles. The van der Waals surface area contributed by atoms with Gasteiger partial charge in [-0.15, -0.1) is 5.47 Å². The van der Waals surface area contributed by atoms with Crippen molar-refractivity contribution in [2.75, 3.05) is 6.61 Å². The Morgan fingerprint density at radius 2 is 2.08 bits per heavy atom.